The SMILES string of the molecule is NC1=CC(=O)CCCC1.Nc1ccnc(C(F)(F)F)c1. The first-order valence-electron chi connectivity index (χ1n) is 6.06. The number of pyridine rings is 1. The molecule has 0 atom stereocenters. The van der Waals surface area contributed by atoms with Gasteiger partial charge in [-0.1, -0.05) is 0 Å². The van der Waals surface area contributed by atoms with Gasteiger partial charge >= 0.3 is 6.18 Å². The van der Waals surface area contributed by atoms with E-state index < -0.39 is 11.9 Å². The number of carbonyl (C=O) groups is 1. The zero-order valence-electron chi connectivity index (χ0n) is 10.8. The molecule has 0 spiro atoms. The molecule has 0 saturated carbocycles. The van der Waals surface area contributed by atoms with Crippen LogP contribution >= 0.6 is 0 Å². The molecule has 0 unspecified atom stereocenters. The number of ketones is 1. The van der Waals surface area contributed by atoms with Crippen molar-refractivity contribution in [2.24, 2.45) is 5.73 Å². The number of nitrogen functional groups attached to an aromatic ring is 1. The fourth-order valence-corrected chi connectivity index (χ4v) is 1.58. The summed E-state index contributed by atoms with van der Waals surface area (Å²) in [4.78, 5) is 13.8. The van der Waals surface area contributed by atoms with Crippen molar-refractivity contribution in [1.82, 2.24) is 4.98 Å². The molecule has 0 aliphatic heterocycles. The van der Waals surface area contributed by atoms with E-state index >= 15 is 0 Å². The number of halogens is 3. The Hall–Kier alpha value is -2.05. The molecule has 7 heteroatoms. The fourth-order valence-electron chi connectivity index (χ4n) is 1.58. The highest BCUT2D eigenvalue weighted by molar-refractivity contribution is 5.90. The topological polar surface area (TPSA) is 82.0 Å². The van der Waals surface area contributed by atoms with Gasteiger partial charge in [0.05, 0.1) is 0 Å². The first kappa shape index (κ1) is 16.0. The number of aromatic nitrogens is 1. The smallest absolute Gasteiger partial charge is 0.402 e. The molecule has 1 aromatic heterocycles. The molecule has 110 valence electrons. The Morgan fingerprint density at radius 3 is 2.35 bits per heavy atom. The van der Waals surface area contributed by atoms with Crippen LogP contribution in [-0.2, 0) is 11.0 Å². The Bertz CT molecular complexity index is 498. The summed E-state index contributed by atoms with van der Waals surface area (Å²) < 4.78 is 35.5. The largest absolute Gasteiger partial charge is 0.433 e. The number of rotatable bonds is 0. The molecule has 1 aliphatic carbocycles. The minimum atomic E-state index is -4.41. The first-order valence-corrected chi connectivity index (χ1v) is 6.06. The fraction of sp³-hybridized carbons (Fsp3) is 0.385. The number of nitrogens with zero attached hydrogens (tertiary/aromatic N) is 1. The Labute approximate surface area is 114 Å². The Morgan fingerprint density at radius 1 is 1.15 bits per heavy atom. The maximum atomic E-state index is 11.8. The van der Waals surface area contributed by atoms with Gasteiger partial charge in [0.1, 0.15) is 5.69 Å². The van der Waals surface area contributed by atoms with E-state index in [-0.39, 0.29) is 11.5 Å². The van der Waals surface area contributed by atoms with E-state index in [1.54, 1.807) is 6.08 Å². The molecule has 0 aromatic carbocycles. The predicted molar refractivity (Wildman–Crippen MR) is 69.4 cm³/mol. The number of anilines is 1. The van der Waals surface area contributed by atoms with Gasteiger partial charge in [0.2, 0.25) is 0 Å². The van der Waals surface area contributed by atoms with Crippen molar-refractivity contribution in [2.75, 3.05) is 5.73 Å². The van der Waals surface area contributed by atoms with Crippen molar-refractivity contribution >= 4 is 11.5 Å². The molecule has 0 bridgehead atoms. The van der Waals surface area contributed by atoms with Crippen molar-refractivity contribution in [3.63, 3.8) is 0 Å². The number of hydrogen-bond donors (Lipinski definition) is 2. The summed E-state index contributed by atoms with van der Waals surface area (Å²) >= 11 is 0. The number of alkyl halides is 3. The molecule has 1 aromatic rings. The second-order valence-electron chi connectivity index (χ2n) is 4.36. The van der Waals surface area contributed by atoms with Crippen LogP contribution in [0.4, 0.5) is 18.9 Å². The highest BCUT2D eigenvalue weighted by atomic mass is 19.4. The zero-order valence-corrected chi connectivity index (χ0v) is 10.8. The van der Waals surface area contributed by atoms with Crippen LogP contribution in [0.15, 0.2) is 30.1 Å². The lowest BCUT2D eigenvalue weighted by Gasteiger charge is -2.04. The van der Waals surface area contributed by atoms with Gasteiger partial charge < -0.3 is 11.5 Å². The van der Waals surface area contributed by atoms with Crippen LogP contribution in [0.25, 0.3) is 0 Å². The van der Waals surface area contributed by atoms with Crippen LogP contribution in [-0.4, -0.2) is 10.8 Å². The number of carbonyl (C=O) groups excluding carboxylic acids is 1. The normalized spacial score (nSPS) is 15.8. The minimum absolute atomic E-state index is 0.0623. The third-order valence-corrected chi connectivity index (χ3v) is 2.56. The third-order valence-electron chi connectivity index (χ3n) is 2.56. The van der Waals surface area contributed by atoms with Crippen LogP contribution in [0, 0.1) is 0 Å². The van der Waals surface area contributed by atoms with Gasteiger partial charge in [-0.3, -0.25) is 9.78 Å². The van der Waals surface area contributed by atoms with Crippen molar-refractivity contribution in [2.45, 2.75) is 31.9 Å². The highest BCUT2D eigenvalue weighted by Gasteiger charge is 2.32. The van der Waals surface area contributed by atoms with E-state index in [2.05, 4.69) is 4.98 Å². The quantitative estimate of drug-likeness (QED) is 0.768. The third kappa shape index (κ3) is 5.73. The second kappa shape index (κ2) is 6.93. The van der Waals surface area contributed by atoms with E-state index in [0.29, 0.717) is 6.42 Å². The summed E-state index contributed by atoms with van der Waals surface area (Å²) in [6.07, 6.45) is 1.82. The van der Waals surface area contributed by atoms with E-state index in [1.807, 2.05) is 0 Å². The van der Waals surface area contributed by atoms with E-state index in [9.17, 15) is 18.0 Å². The summed E-state index contributed by atoms with van der Waals surface area (Å²) in [5, 5.41) is 0. The molecule has 4 nitrogen and oxygen atoms in total. The molecule has 1 aliphatic rings. The maximum absolute atomic E-state index is 11.8. The van der Waals surface area contributed by atoms with E-state index in [4.69, 9.17) is 11.5 Å². The summed E-state index contributed by atoms with van der Waals surface area (Å²) in [5.41, 5.74) is 10.4. The second-order valence-corrected chi connectivity index (χ2v) is 4.36. The molecule has 0 amide bonds. The van der Waals surface area contributed by atoms with Crippen molar-refractivity contribution in [3.8, 4) is 0 Å². The molecular formula is C13H16F3N3O. The van der Waals surface area contributed by atoms with Gasteiger partial charge in [0.25, 0.3) is 0 Å². The molecule has 0 fully saturated rings. The van der Waals surface area contributed by atoms with Crippen LogP contribution in [0.3, 0.4) is 0 Å². The molecule has 2 rings (SSSR count). The highest BCUT2D eigenvalue weighted by Crippen LogP contribution is 2.27. The molecule has 4 N–H and O–H groups in total. The van der Waals surface area contributed by atoms with Crippen molar-refractivity contribution in [3.05, 3.63) is 35.8 Å². The van der Waals surface area contributed by atoms with Gasteiger partial charge in [-0.2, -0.15) is 13.2 Å². The molecule has 1 heterocycles. The van der Waals surface area contributed by atoms with Crippen LogP contribution in [0.5, 0.6) is 0 Å². The first-order chi connectivity index (χ1) is 9.29. The van der Waals surface area contributed by atoms with E-state index in [1.165, 1.54) is 6.07 Å². The summed E-state index contributed by atoms with van der Waals surface area (Å²) in [6.45, 7) is 0. The molecule has 0 radical (unpaired) electrons. The standard InChI is InChI=1S/C7H11NO.C6H5F3N2/c8-6-3-1-2-4-7(9)5-6;7-6(8,9)5-3-4(10)1-2-11-5/h5H,1-4,8H2;1-3H,(H2,10,11). The van der Waals surface area contributed by atoms with Crippen molar-refractivity contribution in [1.29, 1.82) is 0 Å². The Balaban J connectivity index is 0.000000204. The summed E-state index contributed by atoms with van der Waals surface area (Å²) in [7, 11) is 0. The molecule has 0 saturated heterocycles. The van der Waals surface area contributed by atoms with Crippen LogP contribution < -0.4 is 11.5 Å². The monoisotopic (exact) mass is 287 g/mol. The van der Waals surface area contributed by atoms with Crippen LogP contribution in [0.1, 0.15) is 31.4 Å². The average molecular weight is 287 g/mol. The summed E-state index contributed by atoms with van der Waals surface area (Å²) in [5.74, 6) is 0.185. The molecule has 20 heavy (non-hydrogen) atoms. The lowest BCUT2D eigenvalue weighted by Crippen LogP contribution is -2.07. The predicted octanol–water partition coefficient (Wildman–Crippen LogP) is 2.65. The number of allylic oxidation sites excluding steroid dienone is 2. The van der Waals surface area contributed by atoms with Crippen LogP contribution in [0.2, 0.25) is 0 Å². The van der Waals surface area contributed by atoms with Gasteiger partial charge in [-0.05, 0) is 37.5 Å². The maximum Gasteiger partial charge on any atom is 0.433 e. The van der Waals surface area contributed by atoms with Gasteiger partial charge in [-0.25, -0.2) is 0 Å². The number of hydrogen-bond acceptors (Lipinski definition) is 4. The Morgan fingerprint density at radius 2 is 1.80 bits per heavy atom. The minimum Gasteiger partial charge on any atom is -0.402 e. The lowest BCUT2D eigenvalue weighted by atomic mass is 10.2. The average Bonchev–Trinajstić information content (AvgIpc) is 2.52. The number of nitrogens with two attached hydrogens (primary N) is 2. The molecular weight excluding hydrogens is 271 g/mol. The Kier molecular flexibility index (Phi) is 5.54. The summed E-state index contributed by atoms with van der Waals surface area (Å²) in [6, 6.07) is 2.09. The van der Waals surface area contributed by atoms with E-state index in [0.717, 1.165) is 37.2 Å². The van der Waals surface area contributed by atoms with Gasteiger partial charge in [0.15, 0.2) is 5.78 Å². The zero-order chi connectivity index (χ0) is 15.2. The van der Waals surface area contributed by atoms with Gasteiger partial charge in [0, 0.05) is 24.0 Å². The van der Waals surface area contributed by atoms with Gasteiger partial charge in [-0.15, -0.1) is 0 Å². The lowest BCUT2D eigenvalue weighted by molar-refractivity contribution is -0.141. The van der Waals surface area contributed by atoms with Crippen molar-refractivity contribution < 1.29 is 18.0 Å².